The van der Waals surface area contributed by atoms with Crippen molar-refractivity contribution in [2.75, 3.05) is 19.6 Å². The molecule has 1 aliphatic heterocycles. The van der Waals surface area contributed by atoms with Crippen LogP contribution in [0.4, 0.5) is 0 Å². The third-order valence-electron chi connectivity index (χ3n) is 4.73. The van der Waals surface area contributed by atoms with Crippen molar-refractivity contribution in [3.63, 3.8) is 0 Å². The molecule has 1 aliphatic rings. The Hall–Kier alpha value is -1.59. The van der Waals surface area contributed by atoms with Gasteiger partial charge in [-0.3, -0.25) is 9.69 Å². The average molecular weight is 331 g/mol. The fourth-order valence-electron chi connectivity index (χ4n) is 3.44. The van der Waals surface area contributed by atoms with Gasteiger partial charge in [0.15, 0.2) is 0 Å². The maximum Gasteiger partial charge on any atom is 0.222 e. The molecule has 2 aromatic rings. The van der Waals surface area contributed by atoms with Gasteiger partial charge in [-0.2, -0.15) is 11.3 Å². The van der Waals surface area contributed by atoms with Gasteiger partial charge in [-0.1, -0.05) is 6.92 Å². The van der Waals surface area contributed by atoms with E-state index in [1.165, 1.54) is 18.4 Å². The molecule has 4 nitrogen and oxygen atoms in total. The van der Waals surface area contributed by atoms with E-state index in [0.717, 1.165) is 19.6 Å². The summed E-state index contributed by atoms with van der Waals surface area (Å²) >= 11 is 1.68. The first-order valence-electron chi connectivity index (χ1n) is 8.43. The molecule has 2 atom stereocenters. The number of hydrogen-bond acceptors (Lipinski definition) is 3. The summed E-state index contributed by atoms with van der Waals surface area (Å²) in [7, 11) is 0. The SMILES string of the molecule is CCN1CCC[C@H]1CNC(=O)C[C@@H](c1ccsc1)n1cccc1. The molecule has 1 fully saturated rings. The van der Waals surface area contributed by atoms with Gasteiger partial charge >= 0.3 is 0 Å². The van der Waals surface area contributed by atoms with Crippen LogP contribution in [0.3, 0.4) is 0 Å². The predicted octanol–water partition coefficient (Wildman–Crippen LogP) is 3.13. The highest BCUT2D eigenvalue weighted by molar-refractivity contribution is 7.07. The Labute approximate surface area is 142 Å². The molecule has 2 aromatic heterocycles. The number of nitrogens with zero attached hydrogens (tertiary/aromatic N) is 2. The maximum absolute atomic E-state index is 12.5. The maximum atomic E-state index is 12.5. The van der Waals surface area contributed by atoms with Crippen molar-refractivity contribution >= 4 is 17.2 Å². The molecule has 3 rings (SSSR count). The van der Waals surface area contributed by atoms with Crippen LogP contribution in [0, 0.1) is 0 Å². The summed E-state index contributed by atoms with van der Waals surface area (Å²) < 4.78 is 2.12. The number of amides is 1. The summed E-state index contributed by atoms with van der Waals surface area (Å²) in [6.07, 6.45) is 7.00. The Morgan fingerprint density at radius 1 is 1.43 bits per heavy atom. The number of carbonyl (C=O) groups excluding carboxylic acids is 1. The molecule has 0 radical (unpaired) electrons. The molecule has 5 heteroatoms. The number of hydrogen-bond donors (Lipinski definition) is 1. The minimum Gasteiger partial charge on any atom is -0.354 e. The third-order valence-corrected chi connectivity index (χ3v) is 5.44. The summed E-state index contributed by atoms with van der Waals surface area (Å²) in [5.74, 6) is 0.137. The number of likely N-dealkylation sites (tertiary alicyclic amines) is 1. The molecular weight excluding hydrogens is 306 g/mol. The van der Waals surface area contributed by atoms with Crippen molar-refractivity contribution in [3.8, 4) is 0 Å². The Morgan fingerprint density at radius 3 is 2.96 bits per heavy atom. The van der Waals surface area contributed by atoms with E-state index >= 15 is 0 Å². The van der Waals surface area contributed by atoms with E-state index in [9.17, 15) is 4.79 Å². The molecule has 0 unspecified atom stereocenters. The minimum atomic E-state index is 0.0853. The van der Waals surface area contributed by atoms with Crippen molar-refractivity contribution in [2.45, 2.75) is 38.3 Å². The molecule has 1 N–H and O–H groups in total. The molecule has 0 aliphatic carbocycles. The van der Waals surface area contributed by atoms with Crippen molar-refractivity contribution in [3.05, 3.63) is 46.9 Å². The number of nitrogens with one attached hydrogen (secondary N) is 1. The zero-order valence-corrected chi connectivity index (χ0v) is 14.5. The molecule has 0 spiro atoms. The summed E-state index contributed by atoms with van der Waals surface area (Å²) in [6.45, 7) is 5.20. The van der Waals surface area contributed by atoms with Gasteiger partial charge in [0, 0.05) is 25.0 Å². The van der Waals surface area contributed by atoms with Crippen LogP contribution in [0.1, 0.15) is 37.8 Å². The van der Waals surface area contributed by atoms with E-state index < -0.39 is 0 Å². The standard InChI is InChI=1S/C18H25N3OS/c1-2-20-10-5-6-16(20)13-19-18(22)12-17(15-7-11-23-14-15)21-8-3-4-9-21/h3-4,7-9,11,14,16-17H,2,5-6,10,12-13H2,1H3,(H,19,22)/t16-,17-/m0/s1. The first-order chi connectivity index (χ1) is 11.3. The molecule has 0 saturated carbocycles. The normalized spacial score (nSPS) is 19.8. The number of aromatic nitrogens is 1. The zero-order valence-electron chi connectivity index (χ0n) is 13.6. The quantitative estimate of drug-likeness (QED) is 0.846. The second-order valence-corrected chi connectivity index (χ2v) is 6.92. The molecule has 124 valence electrons. The topological polar surface area (TPSA) is 37.3 Å². The van der Waals surface area contributed by atoms with Gasteiger partial charge in [-0.05, 0) is 60.5 Å². The van der Waals surface area contributed by atoms with E-state index in [1.54, 1.807) is 11.3 Å². The Balaban J connectivity index is 1.58. The van der Waals surface area contributed by atoms with Crippen molar-refractivity contribution in [1.29, 1.82) is 0 Å². The predicted molar refractivity (Wildman–Crippen MR) is 94.8 cm³/mol. The lowest BCUT2D eigenvalue weighted by Gasteiger charge is -2.24. The van der Waals surface area contributed by atoms with Crippen LogP contribution in [0.5, 0.6) is 0 Å². The van der Waals surface area contributed by atoms with Crippen LogP contribution in [0.15, 0.2) is 41.4 Å². The van der Waals surface area contributed by atoms with Crippen LogP contribution in [0.25, 0.3) is 0 Å². The molecule has 3 heterocycles. The van der Waals surface area contributed by atoms with Gasteiger partial charge in [0.2, 0.25) is 5.91 Å². The van der Waals surface area contributed by atoms with Crippen molar-refractivity contribution < 1.29 is 4.79 Å². The van der Waals surface area contributed by atoms with E-state index in [2.05, 4.69) is 38.5 Å². The first-order valence-corrected chi connectivity index (χ1v) is 9.37. The average Bonchev–Trinajstić information content (AvgIpc) is 3.33. The van der Waals surface area contributed by atoms with Crippen LogP contribution in [-0.4, -0.2) is 41.1 Å². The monoisotopic (exact) mass is 331 g/mol. The van der Waals surface area contributed by atoms with Crippen LogP contribution in [0.2, 0.25) is 0 Å². The van der Waals surface area contributed by atoms with Gasteiger partial charge < -0.3 is 9.88 Å². The zero-order chi connectivity index (χ0) is 16.1. The molecule has 0 aromatic carbocycles. The molecule has 1 amide bonds. The smallest absolute Gasteiger partial charge is 0.222 e. The van der Waals surface area contributed by atoms with Gasteiger partial charge in [0.05, 0.1) is 12.5 Å². The van der Waals surface area contributed by atoms with E-state index in [-0.39, 0.29) is 11.9 Å². The third kappa shape index (κ3) is 4.03. The van der Waals surface area contributed by atoms with E-state index in [4.69, 9.17) is 0 Å². The largest absolute Gasteiger partial charge is 0.354 e. The van der Waals surface area contributed by atoms with Crippen LogP contribution >= 0.6 is 11.3 Å². The van der Waals surface area contributed by atoms with Gasteiger partial charge in [-0.25, -0.2) is 0 Å². The first kappa shape index (κ1) is 16.3. The van der Waals surface area contributed by atoms with Gasteiger partial charge in [0.1, 0.15) is 0 Å². The molecule has 23 heavy (non-hydrogen) atoms. The lowest BCUT2D eigenvalue weighted by Crippen LogP contribution is -2.40. The second-order valence-electron chi connectivity index (χ2n) is 6.14. The van der Waals surface area contributed by atoms with Gasteiger partial charge in [0.25, 0.3) is 0 Å². The van der Waals surface area contributed by atoms with E-state index in [0.29, 0.717) is 12.5 Å². The number of thiophene rings is 1. The highest BCUT2D eigenvalue weighted by Crippen LogP contribution is 2.24. The number of likely N-dealkylation sites (N-methyl/N-ethyl adjacent to an activating group) is 1. The Morgan fingerprint density at radius 2 is 2.26 bits per heavy atom. The molecular formula is C18H25N3OS. The van der Waals surface area contributed by atoms with Gasteiger partial charge in [-0.15, -0.1) is 0 Å². The van der Waals surface area contributed by atoms with E-state index in [1.807, 2.05) is 24.5 Å². The van der Waals surface area contributed by atoms with Crippen molar-refractivity contribution in [1.82, 2.24) is 14.8 Å². The number of rotatable bonds is 7. The summed E-state index contributed by atoms with van der Waals surface area (Å²) in [5.41, 5.74) is 1.21. The van der Waals surface area contributed by atoms with Crippen molar-refractivity contribution in [2.24, 2.45) is 0 Å². The lowest BCUT2D eigenvalue weighted by molar-refractivity contribution is -0.121. The Kier molecular flexibility index (Phi) is 5.51. The number of carbonyl (C=O) groups is 1. The van der Waals surface area contributed by atoms with Crippen LogP contribution < -0.4 is 5.32 Å². The highest BCUT2D eigenvalue weighted by Gasteiger charge is 2.24. The summed E-state index contributed by atoms with van der Waals surface area (Å²) in [6, 6.07) is 6.72. The minimum absolute atomic E-state index is 0.0853. The fraction of sp³-hybridized carbons (Fsp3) is 0.500. The fourth-order valence-corrected chi connectivity index (χ4v) is 4.14. The lowest BCUT2D eigenvalue weighted by atomic mass is 10.1. The molecule has 1 saturated heterocycles. The van der Waals surface area contributed by atoms with Crippen LogP contribution in [-0.2, 0) is 4.79 Å². The Bertz CT molecular complexity index is 560. The summed E-state index contributed by atoms with van der Waals surface area (Å²) in [5, 5.41) is 7.36. The summed E-state index contributed by atoms with van der Waals surface area (Å²) in [4.78, 5) is 14.9. The highest BCUT2D eigenvalue weighted by atomic mass is 32.1. The molecule has 0 bridgehead atoms. The second kappa shape index (κ2) is 7.79.